The average Bonchev–Trinajstić information content (AvgIpc) is 2.97. The Morgan fingerprint density at radius 3 is 2.09 bits per heavy atom. The van der Waals surface area contributed by atoms with Crippen molar-refractivity contribution >= 4 is 61.5 Å². The first-order valence-electron chi connectivity index (χ1n) is 10.2. The van der Waals surface area contributed by atoms with Crippen molar-refractivity contribution in [1.29, 1.82) is 0 Å². The summed E-state index contributed by atoms with van der Waals surface area (Å²) in [5, 5.41) is 2.29. The Morgan fingerprint density at radius 2 is 1.45 bits per heavy atom. The van der Waals surface area contributed by atoms with Crippen LogP contribution in [0.2, 0.25) is 0 Å². The number of hydrogen-bond acceptors (Lipinski definition) is 3. The molecule has 0 atom stereocenters. The van der Waals surface area contributed by atoms with E-state index in [0.717, 1.165) is 42.0 Å². The van der Waals surface area contributed by atoms with E-state index >= 15 is 0 Å². The van der Waals surface area contributed by atoms with Gasteiger partial charge in [0.1, 0.15) is 5.57 Å². The Kier molecular flexibility index (Phi) is 6.16. The fraction of sp³-hybridized carbons (Fsp3) is 0.160. The van der Waals surface area contributed by atoms with E-state index in [4.69, 9.17) is 0 Å². The Bertz CT molecular complexity index is 1350. The van der Waals surface area contributed by atoms with Crippen LogP contribution < -0.4 is 10.2 Å². The van der Waals surface area contributed by atoms with Crippen LogP contribution in [0, 0.1) is 27.7 Å². The van der Waals surface area contributed by atoms with Crippen LogP contribution in [-0.4, -0.2) is 22.4 Å². The number of carbonyl (C=O) groups excluding carboxylic acids is 3. The van der Waals surface area contributed by atoms with Gasteiger partial charge in [-0.05, 0) is 97.2 Å². The van der Waals surface area contributed by atoms with E-state index in [2.05, 4.69) is 37.2 Å². The molecule has 1 fully saturated rings. The summed E-state index contributed by atoms with van der Waals surface area (Å²) in [6, 6.07) is 12.4. The highest BCUT2D eigenvalue weighted by atomic mass is 79.9. The average molecular weight is 571 g/mol. The van der Waals surface area contributed by atoms with Gasteiger partial charge in [-0.15, -0.1) is 0 Å². The highest BCUT2D eigenvalue weighted by Crippen LogP contribution is 2.33. The van der Waals surface area contributed by atoms with E-state index in [1.54, 1.807) is 18.2 Å². The molecule has 0 bridgehead atoms. The van der Waals surface area contributed by atoms with Gasteiger partial charge < -0.3 is 4.57 Å². The Hall–Kier alpha value is -2.97. The van der Waals surface area contributed by atoms with Crippen LogP contribution in [0.4, 0.5) is 10.5 Å². The predicted octanol–water partition coefficient (Wildman–Crippen LogP) is 5.90. The van der Waals surface area contributed by atoms with Crippen LogP contribution in [0.5, 0.6) is 0 Å². The van der Waals surface area contributed by atoms with Gasteiger partial charge in [0.05, 0.1) is 5.69 Å². The number of anilines is 1. The van der Waals surface area contributed by atoms with Gasteiger partial charge in [0.2, 0.25) is 0 Å². The zero-order valence-electron chi connectivity index (χ0n) is 18.5. The minimum absolute atomic E-state index is 0.107. The summed E-state index contributed by atoms with van der Waals surface area (Å²) in [6.07, 6.45) is 1.54. The molecule has 168 valence electrons. The molecule has 0 spiro atoms. The van der Waals surface area contributed by atoms with E-state index < -0.39 is 17.8 Å². The third-order valence-corrected chi connectivity index (χ3v) is 7.37. The number of halogens is 2. The normalized spacial score (nSPS) is 15.4. The number of benzene rings is 2. The van der Waals surface area contributed by atoms with Crippen molar-refractivity contribution in [2.75, 3.05) is 4.90 Å². The van der Waals surface area contributed by atoms with Crippen LogP contribution in [0.1, 0.15) is 28.1 Å². The Morgan fingerprint density at radius 1 is 0.818 bits per heavy atom. The molecule has 1 aromatic heterocycles. The summed E-state index contributed by atoms with van der Waals surface area (Å²) in [7, 11) is 0. The molecule has 33 heavy (non-hydrogen) atoms. The maximum absolute atomic E-state index is 13.3. The molecule has 2 aromatic carbocycles. The second-order valence-electron chi connectivity index (χ2n) is 7.94. The van der Waals surface area contributed by atoms with E-state index in [-0.39, 0.29) is 5.57 Å². The number of imide groups is 2. The van der Waals surface area contributed by atoms with Crippen molar-refractivity contribution < 1.29 is 14.4 Å². The predicted molar refractivity (Wildman–Crippen MR) is 136 cm³/mol. The summed E-state index contributed by atoms with van der Waals surface area (Å²) < 4.78 is 3.78. The number of aryl methyl sites for hydroxylation is 2. The van der Waals surface area contributed by atoms with Crippen molar-refractivity contribution in [2.45, 2.75) is 27.7 Å². The molecule has 2 heterocycles. The second-order valence-corrected chi connectivity index (χ2v) is 9.65. The van der Waals surface area contributed by atoms with Crippen molar-refractivity contribution in [1.82, 2.24) is 9.88 Å². The highest BCUT2D eigenvalue weighted by Gasteiger charge is 2.37. The molecule has 3 aromatic rings. The van der Waals surface area contributed by atoms with E-state index in [1.807, 2.05) is 62.6 Å². The molecule has 4 amide bonds. The molecule has 6 nitrogen and oxygen atoms in total. The lowest BCUT2D eigenvalue weighted by molar-refractivity contribution is -0.122. The molecule has 1 aliphatic heterocycles. The van der Waals surface area contributed by atoms with Gasteiger partial charge in [0.15, 0.2) is 0 Å². The molecule has 0 saturated carbocycles. The Labute approximate surface area is 208 Å². The van der Waals surface area contributed by atoms with Crippen LogP contribution in [0.15, 0.2) is 57.0 Å². The fourth-order valence-corrected chi connectivity index (χ4v) is 4.71. The number of hydrogen-bond donors (Lipinski definition) is 1. The largest absolute Gasteiger partial charge is 0.335 e. The summed E-state index contributed by atoms with van der Waals surface area (Å²) >= 11 is 7.07. The number of barbiturate groups is 1. The number of amides is 4. The molecule has 1 saturated heterocycles. The number of rotatable bonds is 3. The van der Waals surface area contributed by atoms with Crippen LogP contribution in [0.3, 0.4) is 0 Å². The second kappa shape index (κ2) is 8.76. The van der Waals surface area contributed by atoms with E-state index in [0.29, 0.717) is 11.3 Å². The van der Waals surface area contributed by atoms with E-state index in [9.17, 15) is 14.4 Å². The van der Waals surface area contributed by atoms with Crippen molar-refractivity contribution in [2.24, 2.45) is 0 Å². The minimum Gasteiger partial charge on any atom is -0.317 e. The maximum atomic E-state index is 13.3. The number of nitrogens with one attached hydrogen (secondary N) is 1. The van der Waals surface area contributed by atoms with Gasteiger partial charge >= 0.3 is 6.03 Å². The lowest BCUT2D eigenvalue weighted by Crippen LogP contribution is -2.54. The molecule has 1 N–H and O–H groups in total. The molecule has 0 aliphatic carbocycles. The summed E-state index contributed by atoms with van der Waals surface area (Å²) in [4.78, 5) is 39.5. The summed E-state index contributed by atoms with van der Waals surface area (Å²) in [5.41, 5.74) is 5.71. The van der Waals surface area contributed by atoms with Gasteiger partial charge in [0, 0.05) is 31.6 Å². The quantitative estimate of drug-likeness (QED) is 0.315. The standard InChI is InChI=1S/C25H21Br2N3O3/c1-13-5-8-19(11-14(13)2)30-24(32)21(23(31)28-25(30)33)12-20-15(3)29(16(4)22(20)27)18-9-6-17(26)7-10-18/h5-12H,1-4H3,(H,28,31,33)/b21-12+. The molecule has 4 rings (SSSR count). The first kappa shape index (κ1) is 23.2. The molecule has 0 radical (unpaired) electrons. The molecule has 0 unspecified atom stereocenters. The third kappa shape index (κ3) is 4.09. The van der Waals surface area contributed by atoms with Gasteiger partial charge in [-0.25, -0.2) is 9.69 Å². The topological polar surface area (TPSA) is 71.4 Å². The number of carbonyl (C=O) groups is 3. The molecule has 8 heteroatoms. The molecular weight excluding hydrogens is 550 g/mol. The van der Waals surface area contributed by atoms with E-state index in [1.165, 1.54) is 0 Å². The minimum atomic E-state index is -0.759. The fourth-order valence-electron chi connectivity index (χ4n) is 3.87. The van der Waals surface area contributed by atoms with Crippen LogP contribution >= 0.6 is 31.9 Å². The number of nitrogens with zero attached hydrogens (tertiary/aromatic N) is 2. The van der Waals surface area contributed by atoms with Crippen LogP contribution in [-0.2, 0) is 9.59 Å². The monoisotopic (exact) mass is 569 g/mol. The first-order valence-corrected chi connectivity index (χ1v) is 11.8. The SMILES string of the molecule is Cc1ccc(N2C(=O)NC(=O)/C(=C\c3c(Br)c(C)n(-c4ccc(Br)cc4)c3C)C2=O)cc1C. The molecule has 1 aliphatic rings. The van der Waals surface area contributed by atoms with Crippen molar-refractivity contribution in [3.05, 3.63) is 85.1 Å². The lowest BCUT2D eigenvalue weighted by Gasteiger charge is -2.26. The van der Waals surface area contributed by atoms with Crippen LogP contribution in [0.25, 0.3) is 11.8 Å². The zero-order chi connectivity index (χ0) is 24.0. The van der Waals surface area contributed by atoms with Gasteiger partial charge in [0.25, 0.3) is 11.8 Å². The first-order chi connectivity index (χ1) is 15.6. The number of aromatic nitrogens is 1. The summed E-state index contributed by atoms with van der Waals surface area (Å²) in [5.74, 6) is -1.38. The summed E-state index contributed by atoms with van der Waals surface area (Å²) in [6.45, 7) is 7.73. The van der Waals surface area contributed by atoms with Gasteiger partial charge in [-0.1, -0.05) is 22.0 Å². The molecular formula is C25H21Br2N3O3. The van der Waals surface area contributed by atoms with Crippen molar-refractivity contribution in [3.8, 4) is 5.69 Å². The Balaban J connectivity index is 1.81. The van der Waals surface area contributed by atoms with Gasteiger partial charge in [-0.2, -0.15) is 0 Å². The highest BCUT2D eigenvalue weighted by molar-refractivity contribution is 9.10. The smallest absolute Gasteiger partial charge is 0.317 e. The zero-order valence-corrected chi connectivity index (χ0v) is 21.7. The maximum Gasteiger partial charge on any atom is 0.335 e. The third-order valence-electron chi connectivity index (χ3n) is 5.84. The van der Waals surface area contributed by atoms with Crippen molar-refractivity contribution in [3.63, 3.8) is 0 Å². The lowest BCUT2D eigenvalue weighted by atomic mass is 10.1. The van der Waals surface area contributed by atoms with Gasteiger partial charge in [-0.3, -0.25) is 14.9 Å². The number of urea groups is 1.